The van der Waals surface area contributed by atoms with Gasteiger partial charge in [-0.25, -0.2) is 4.39 Å². The van der Waals surface area contributed by atoms with Gasteiger partial charge in [-0.3, -0.25) is 4.79 Å². The zero-order valence-corrected chi connectivity index (χ0v) is 13.3. The third-order valence-electron chi connectivity index (χ3n) is 3.53. The topological polar surface area (TPSA) is 55.1 Å². The number of hydrogen-bond acceptors (Lipinski definition) is 2. The molecule has 0 radical (unpaired) electrons. The highest BCUT2D eigenvalue weighted by atomic mass is 35.5. The van der Waals surface area contributed by atoms with Crippen molar-refractivity contribution in [2.24, 2.45) is 11.7 Å². The fraction of sp³-hybridized carbons (Fsp3) is 0.562. The van der Waals surface area contributed by atoms with Gasteiger partial charge in [0.2, 0.25) is 5.91 Å². The van der Waals surface area contributed by atoms with Crippen molar-refractivity contribution in [2.45, 2.75) is 45.6 Å². The maximum Gasteiger partial charge on any atom is 0.220 e. The van der Waals surface area contributed by atoms with Gasteiger partial charge >= 0.3 is 0 Å². The van der Waals surface area contributed by atoms with E-state index < -0.39 is 5.82 Å². The molecule has 1 aromatic rings. The van der Waals surface area contributed by atoms with E-state index in [0.29, 0.717) is 25.4 Å². The van der Waals surface area contributed by atoms with Crippen LogP contribution in [0.4, 0.5) is 4.39 Å². The van der Waals surface area contributed by atoms with Crippen LogP contribution >= 0.6 is 11.6 Å². The molecule has 0 fully saturated rings. The van der Waals surface area contributed by atoms with Crippen molar-refractivity contribution in [1.82, 2.24) is 5.32 Å². The molecule has 1 unspecified atom stereocenters. The Morgan fingerprint density at radius 1 is 1.38 bits per heavy atom. The summed E-state index contributed by atoms with van der Waals surface area (Å²) in [5, 5.41) is 2.91. The van der Waals surface area contributed by atoms with E-state index in [0.717, 1.165) is 31.2 Å². The summed E-state index contributed by atoms with van der Waals surface area (Å²) in [5.41, 5.74) is 6.38. The van der Waals surface area contributed by atoms with Crippen molar-refractivity contribution in [1.29, 1.82) is 0 Å². The molecule has 5 heteroatoms. The van der Waals surface area contributed by atoms with Crippen LogP contribution < -0.4 is 11.1 Å². The first-order valence-corrected chi connectivity index (χ1v) is 7.85. The lowest BCUT2D eigenvalue weighted by atomic mass is 9.94. The molecule has 21 heavy (non-hydrogen) atoms. The van der Waals surface area contributed by atoms with Crippen LogP contribution in [-0.2, 0) is 11.3 Å². The quantitative estimate of drug-likeness (QED) is 0.731. The number of carbonyl (C=O) groups is 1. The Balaban J connectivity index is 2.34. The highest BCUT2D eigenvalue weighted by molar-refractivity contribution is 6.30. The molecule has 0 spiro atoms. The van der Waals surface area contributed by atoms with Crippen molar-refractivity contribution in [3.05, 3.63) is 34.6 Å². The predicted octanol–water partition coefficient (Wildman–Crippen LogP) is 3.64. The van der Waals surface area contributed by atoms with Crippen LogP contribution in [0, 0.1) is 11.7 Å². The molecule has 0 aromatic heterocycles. The molecule has 0 aliphatic heterocycles. The molecule has 1 amide bonds. The molecule has 0 heterocycles. The lowest BCUT2D eigenvalue weighted by Crippen LogP contribution is -2.23. The van der Waals surface area contributed by atoms with Gasteiger partial charge in [0.05, 0.1) is 5.02 Å². The zero-order valence-electron chi connectivity index (χ0n) is 12.5. The molecule has 0 saturated heterocycles. The Hall–Kier alpha value is -1.13. The van der Waals surface area contributed by atoms with Gasteiger partial charge in [-0.2, -0.15) is 0 Å². The molecule has 1 atom stereocenters. The number of carbonyl (C=O) groups excluding carboxylic acids is 1. The first-order valence-electron chi connectivity index (χ1n) is 7.47. The molecule has 0 bridgehead atoms. The van der Waals surface area contributed by atoms with Gasteiger partial charge in [0, 0.05) is 13.0 Å². The number of benzene rings is 1. The summed E-state index contributed by atoms with van der Waals surface area (Å²) in [6, 6.07) is 4.46. The van der Waals surface area contributed by atoms with E-state index in [2.05, 4.69) is 12.2 Å². The molecule has 3 nitrogen and oxygen atoms in total. The number of halogens is 2. The molecule has 1 rings (SSSR count). The van der Waals surface area contributed by atoms with E-state index >= 15 is 0 Å². The van der Waals surface area contributed by atoms with Crippen LogP contribution in [0.1, 0.15) is 44.6 Å². The van der Waals surface area contributed by atoms with Crippen molar-refractivity contribution in [2.75, 3.05) is 6.54 Å². The minimum absolute atomic E-state index is 0.00794. The summed E-state index contributed by atoms with van der Waals surface area (Å²) in [6.07, 6.45) is 4.55. The van der Waals surface area contributed by atoms with Gasteiger partial charge in [-0.05, 0) is 43.0 Å². The maximum atomic E-state index is 13.0. The van der Waals surface area contributed by atoms with Crippen molar-refractivity contribution in [3.8, 4) is 0 Å². The molecular weight excluding hydrogens is 291 g/mol. The minimum atomic E-state index is -0.448. The van der Waals surface area contributed by atoms with Crippen LogP contribution in [0.2, 0.25) is 5.02 Å². The number of amides is 1. The van der Waals surface area contributed by atoms with Gasteiger partial charge in [-0.1, -0.05) is 37.4 Å². The van der Waals surface area contributed by atoms with Crippen LogP contribution in [0.3, 0.4) is 0 Å². The fourth-order valence-electron chi connectivity index (χ4n) is 2.35. The van der Waals surface area contributed by atoms with E-state index in [-0.39, 0.29) is 10.9 Å². The van der Waals surface area contributed by atoms with Gasteiger partial charge in [0.25, 0.3) is 0 Å². The Labute approximate surface area is 131 Å². The summed E-state index contributed by atoms with van der Waals surface area (Å²) in [4.78, 5) is 11.8. The first-order chi connectivity index (χ1) is 10.1. The lowest BCUT2D eigenvalue weighted by molar-refractivity contribution is -0.121. The Morgan fingerprint density at radius 2 is 2.14 bits per heavy atom. The van der Waals surface area contributed by atoms with Crippen LogP contribution in [0.15, 0.2) is 18.2 Å². The average Bonchev–Trinajstić information content (AvgIpc) is 2.46. The normalized spacial score (nSPS) is 12.2. The highest BCUT2D eigenvalue weighted by Crippen LogP contribution is 2.17. The minimum Gasteiger partial charge on any atom is -0.352 e. The fourth-order valence-corrected chi connectivity index (χ4v) is 2.55. The molecule has 1 aromatic carbocycles. The van der Waals surface area contributed by atoms with Crippen LogP contribution in [-0.4, -0.2) is 12.5 Å². The second kappa shape index (κ2) is 9.74. The lowest BCUT2D eigenvalue weighted by Gasteiger charge is -2.14. The third-order valence-corrected chi connectivity index (χ3v) is 3.81. The second-order valence-electron chi connectivity index (χ2n) is 5.30. The van der Waals surface area contributed by atoms with Crippen molar-refractivity contribution < 1.29 is 9.18 Å². The second-order valence-corrected chi connectivity index (χ2v) is 5.70. The van der Waals surface area contributed by atoms with Crippen LogP contribution in [0.25, 0.3) is 0 Å². The van der Waals surface area contributed by atoms with E-state index in [1.165, 1.54) is 12.1 Å². The van der Waals surface area contributed by atoms with Gasteiger partial charge in [0.15, 0.2) is 0 Å². The standard InChI is InChI=1S/C16H24ClFN2O/c1-2-3-12(8-9-19)5-7-16(21)20-11-13-4-6-15(18)14(17)10-13/h4,6,10,12H,2-3,5,7-9,11,19H2,1H3,(H,20,21). The average molecular weight is 315 g/mol. The predicted molar refractivity (Wildman–Crippen MR) is 84.6 cm³/mol. The summed E-state index contributed by atoms with van der Waals surface area (Å²) in [6.45, 7) is 3.18. The summed E-state index contributed by atoms with van der Waals surface area (Å²) in [5.74, 6) is 0.0792. The Kier molecular flexibility index (Phi) is 8.31. The van der Waals surface area contributed by atoms with Gasteiger partial charge < -0.3 is 11.1 Å². The number of hydrogen-bond donors (Lipinski definition) is 2. The number of nitrogens with two attached hydrogens (primary N) is 1. The molecule has 3 N–H and O–H groups in total. The number of rotatable bonds is 9. The molecule has 0 aliphatic rings. The monoisotopic (exact) mass is 314 g/mol. The summed E-state index contributed by atoms with van der Waals surface area (Å²) < 4.78 is 13.0. The van der Waals surface area contributed by atoms with Crippen molar-refractivity contribution >= 4 is 17.5 Å². The van der Waals surface area contributed by atoms with Crippen LogP contribution in [0.5, 0.6) is 0 Å². The SMILES string of the molecule is CCCC(CCN)CCC(=O)NCc1ccc(F)c(Cl)c1. The third kappa shape index (κ3) is 6.91. The van der Waals surface area contributed by atoms with Crippen molar-refractivity contribution in [3.63, 3.8) is 0 Å². The number of nitrogens with one attached hydrogen (secondary N) is 1. The zero-order chi connectivity index (χ0) is 15.7. The first kappa shape index (κ1) is 17.9. The van der Waals surface area contributed by atoms with E-state index in [1.807, 2.05) is 0 Å². The summed E-state index contributed by atoms with van der Waals surface area (Å²) >= 11 is 5.70. The summed E-state index contributed by atoms with van der Waals surface area (Å²) in [7, 11) is 0. The molecule has 0 saturated carbocycles. The van der Waals surface area contributed by atoms with E-state index in [9.17, 15) is 9.18 Å². The highest BCUT2D eigenvalue weighted by Gasteiger charge is 2.10. The van der Waals surface area contributed by atoms with E-state index in [4.69, 9.17) is 17.3 Å². The maximum absolute atomic E-state index is 13.0. The smallest absolute Gasteiger partial charge is 0.220 e. The molecule has 0 aliphatic carbocycles. The van der Waals surface area contributed by atoms with Gasteiger partial charge in [0.1, 0.15) is 5.82 Å². The van der Waals surface area contributed by atoms with Gasteiger partial charge in [-0.15, -0.1) is 0 Å². The Morgan fingerprint density at radius 3 is 2.76 bits per heavy atom. The molecule has 118 valence electrons. The van der Waals surface area contributed by atoms with E-state index in [1.54, 1.807) is 6.07 Å². The Bertz CT molecular complexity index is 448. The molecular formula is C16H24ClFN2O. The largest absolute Gasteiger partial charge is 0.352 e.